The van der Waals surface area contributed by atoms with Crippen LogP contribution in [0.5, 0.6) is 0 Å². The summed E-state index contributed by atoms with van der Waals surface area (Å²) >= 11 is 0. The third kappa shape index (κ3) is 5.29. The summed E-state index contributed by atoms with van der Waals surface area (Å²) in [4.78, 5) is 10.6. The van der Waals surface area contributed by atoms with Crippen LogP contribution in [0.15, 0.2) is 24.3 Å². The summed E-state index contributed by atoms with van der Waals surface area (Å²) in [7, 11) is -3.45. The van der Waals surface area contributed by atoms with Crippen LogP contribution in [-0.4, -0.2) is 33.2 Å². The van der Waals surface area contributed by atoms with E-state index in [-0.39, 0.29) is 18.5 Å². The minimum atomic E-state index is -3.45. The molecule has 0 saturated carbocycles. The van der Waals surface area contributed by atoms with Gasteiger partial charge < -0.3 is 4.74 Å². The average molecular weight is 271 g/mol. The number of sulfonamides is 1. The summed E-state index contributed by atoms with van der Waals surface area (Å²) in [5.74, 6) is -0.115. The highest BCUT2D eigenvalue weighted by molar-refractivity contribution is 7.92. The minimum absolute atomic E-state index is 0.00130. The second-order valence-electron chi connectivity index (χ2n) is 4.08. The van der Waals surface area contributed by atoms with E-state index in [9.17, 15) is 13.2 Å². The highest BCUT2D eigenvalue weighted by atomic mass is 32.2. The van der Waals surface area contributed by atoms with Gasteiger partial charge in [0.15, 0.2) is 0 Å². The van der Waals surface area contributed by atoms with E-state index in [0.717, 1.165) is 0 Å². The first-order valence-electron chi connectivity index (χ1n) is 5.60. The van der Waals surface area contributed by atoms with Crippen LogP contribution in [0.3, 0.4) is 0 Å². The number of benzene rings is 1. The second kappa shape index (κ2) is 6.51. The number of carbonyl (C=O) groups excluding carboxylic acids is 1. The number of anilines is 1. The molecule has 1 N–H and O–H groups in total. The summed E-state index contributed by atoms with van der Waals surface area (Å²) in [5.41, 5.74) is 0.803. The molecule has 0 bridgehead atoms. The van der Waals surface area contributed by atoms with E-state index in [1.807, 2.05) is 13.8 Å². The van der Waals surface area contributed by atoms with Crippen LogP contribution in [0.25, 0.3) is 0 Å². The van der Waals surface area contributed by atoms with Gasteiger partial charge in [0.2, 0.25) is 10.0 Å². The van der Waals surface area contributed by atoms with Gasteiger partial charge >= 0.3 is 0 Å². The largest absolute Gasteiger partial charge is 0.378 e. The van der Waals surface area contributed by atoms with Gasteiger partial charge in [0.1, 0.15) is 6.29 Å². The van der Waals surface area contributed by atoms with Gasteiger partial charge in [0.25, 0.3) is 0 Å². The van der Waals surface area contributed by atoms with Crippen molar-refractivity contribution in [3.63, 3.8) is 0 Å². The molecule has 6 heteroatoms. The highest BCUT2D eigenvalue weighted by Gasteiger charge is 2.11. The number of ether oxygens (including phenoxy) is 1. The molecule has 1 aromatic rings. The molecule has 0 fully saturated rings. The molecule has 18 heavy (non-hydrogen) atoms. The van der Waals surface area contributed by atoms with E-state index in [4.69, 9.17) is 4.74 Å². The van der Waals surface area contributed by atoms with Crippen LogP contribution in [-0.2, 0) is 14.8 Å². The van der Waals surface area contributed by atoms with Gasteiger partial charge in [-0.2, -0.15) is 0 Å². The number of rotatable bonds is 7. The summed E-state index contributed by atoms with van der Waals surface area (Å²) in [5, 5.41) is 0. The third-order valence-electron chi connectivity index (χ3n) is 2.10. The molecule has 0 radical (unpaired) electrons. The van der Waals surface area contributed by atoms with Crippen molar-refractivity contribution in [3.8, 4) is 0 Å². The average Bonchev–Trinajstić information content (AvgIpc) is 2.27. The molecule has 0 aromatic heterocycles. The van der Waals surface area contributed by atoms with E-state index < -0.39 is 10.0 Å². The lowest BCUT2D eigenvalue weighted by Crippen LogP contribution is -2.21. The minimum Gasteiger partial charge on any atom is -0.378 e. The number of carbonyl (C=O) groups is 1. The second-order valence-corrected chi connectivity index (χ2v) is 5.93. The van der Waals surface area contributed by atoms with Gasteiger partial charge in [0.05, 0.1) is 18.5 Å². The first kappa shape index (κ1) is 14.7. The smallest absolute Gasteiger partial charge is 0.235 e. The molecule has 100 valence electrons. The Morgan fingerprint density at radius 2 is 2.11 bits per heavy atom. The normalized spacial score (nSPS) is 11.5. The SMILES string of the molecule is CC(C)OCCS(=O)(=O)Nc1cccc(C=O)c1. The third-order valence-corrected chi connectivity index (χ3v) is 3.35. The molecule has 0 amide bonds. The molecular weight excluding hydrogens is 254 g/mol. The van der Waals surface area contributed by atoms with E-state index in [1.165, 1.54) is 6.07 Å². The van der Waals surface area contributed by atoms with Crippen LogP contribution in [0.2, 0.25) is 0 Å². The molecule has 0 spiro atoms. The zero-order chi connectivity index (χ0) is 13.6. The van der Waals surface area contributed by atoms with Crippen molar-refractivity contribution >= 4 is 22.0 Å². The zero-order valence-corrected chi connectivity index (χ0v) is 11.2. The van der Waals surface area contributed by atoms with Crippen molar-refractivity contribution in [2.24, 2.45) is 0 Å². The molecule has 0 aliphatic heterocycles. The van der Waals surface area contributed by atoms with E-state index in [1.54, 1.807) is 18.2 Å². The van der Waals surface area contributed by atoms with Crippen molar-refractivity contribution in [2.75, 3.05) is 17.1 Å². The number of aldehydes is 1. The van der Waals surface area contributed by atoms with Gasteiger partial charge in [-0.15, -0.1) is 0 Å². The molecule has 0 atom stereocenters. The Morgan fingerprint density at radius 1 is 1.39 bits per heavy atom. The molecular formula is C12H17NO4S. The molecule has 0 unspecified atom stereocenters. The topological polar surface area (TPSA) is 72.5 Å². The lowest BCUT2D eigenvalue weighted by Gasteiger charge is -2.10. The first-order valence-corrected chi connectivity index (χ1v) is 7.25. The molecule has 0 heterocycles. The lowest BCUT2D eigenvalue weighted by atomic mass is 10.2. The van der Waals surface area contributed by atoms with E-state index >= 15 is 0 Å². The summed E-state index contributed by atoms with van der Waals surface area (Å²) < 4.78 is 31.0. The highest BCUT2D eigenvalue weighted by Crippen LogP contribution is 2.11. The summed E-state index contributed by atoms with van der Waals surface area (Å²) in [6.45, 7) is 3.82. The quantitative estimate of drug-likeness (QED) is 0.766. The summed E-state index contributed by atoms with van der Waals surface area (Å²) in [6, 6.07) is 6.29. The zero-order valence-electron chi connectivity index (χ0n) is 10.4. The Hall–Kier alpha value is -1.40. The van der Waals surface area contributed by atoms with Crippen molar-refractivity contribution in [1.82, 2.24) is 0 Å². The molecule has 1 aromatic carbocycles. The van der Waals surface area contributed by atoms with E-state index in [0.29, 0.717) is 17.5 Å². The van der Waals surface area contributed by atoms with Crippen LogP contribution in [0.1, 0.15) is 24.2 Å². The summed E-state index contributed by atoms with van der Waals surface area (Å²) in [6.07, 6.45) is 0.665. The van der Waals surface area contributed by atoms with Crippen LogP contribution >= 0.6 is 0 Å². The monoisotopic (exact) mass is 271 g/mol. The Bertz CT molecular complexity index is 497. The maximum atomic E-state index is 11.7. The van der Waals surface area contributed by atoms with Gasteiger partial charge in [-0.1, -0.05) is 12.1 Å². The van der Waals surface area contributed by atoms with E-state index in [2.05, 4.69) is 4.72 Å². The Kier molecular flexibility index (Phi) is 5.30. The van der Waals surface area contributed by atoms with Crippen molar-refractivity contribution in [3.05, 3.63) is 29.8 Å². The fourth-order valence-electron chi connectivity index (χ4n) is 1.30. The molecule has 0 aliphatic rings. The van der Waals surface area contributed by atoms with Gasteiger partial charge in [-0.25, -0.2) is 8.42 Å². The van der Waals surface area contributed by atoms with Gasteiger partial charge in [-0.3, -0.25) is 9.52 Å². The predicted molar refractivity (Wildman–Crippen MR) is 70.3 cm³/mol. The number of hydrogen-bond acceptors (Lipinski definition) is 4. The van der Waals surface area contributed by atoms with Gasteiger partial charge in [-0.05, 0) is 26.0 Å². The van der Waals surface area contributed by atoms with Crippen molar-refractivity contribution in [2.45, 2.75) is 20.0 Å². The van der Waals surface area contributed by atoms with Crippen LogP contribution in [0.4, 0.5) is 5.69 Å². The lowest BCUT2D eigenvalue weighted by molar-refractivity contribution is 0.0913. The van der Waals surface area contributed by atoms with Crippen molar-refractivity contribution < 1.29 is 17.9 Å². The predicted octanol–water partition coefficient (Wildman–Crippen LogP) is 1.67. The Morgan fingerprint density at radius 3 is 2.72 bits per heavy atom. The Balaban J connectivity index is 2.61. The molecule has 0 aliphatic carbocycles. The maximum Gasteiger partial charge on any atom is 0.235 e. The molecule has 1 rings (SSSR count). The molecule has 0 saturated heterocycles. The first-order chi connectivity index (χ1) is 8.43. The van der Waals surface area contributed by atoms with Crippen LogP contribution in [0, 0.1) is 0 Å². The Labute approximate surface area is 107 Å². The van der Waals surface area contributed by atoms with Gasteiger partial charge in [0, 0.05) is 11.3 Å². The van der Waals surface area contributed by atoms with Crippen LogP contribution < -0.4 is 4.72 Å². The fourth-order valence-corrected chi connectivity index (χ4v) is 2.20. The fraction of sp³-hybridized carbons (Fsp3) is 0.417. The van der Waals surface area contributed by atoms with Crippen molar-refractivity contribution in [1.29, 1.82) is 0 Å². The number of hydrogen-bond donors (Lipinski definition) is 1. The number of nitrogens with one attached hydrogen (secondary N) is 1. The molecule has 5 nitrogen and oxygen atoms in total. The standard InChI is InChI=1S/C12H17NO4S/c1-10(2)17-6-7-18(15,16)13-12-5-3-4-11(8-12)9-14/h3-5,8-10,13H,6-7H2,1-2H3. The maximum absolute atomic E-state index is 11.7.